The predicted octanol–water partition coefficient (Wildman–Crippen LogP) is 5.85. The lowest BCUT2D eigenvalue weighted by Crippen LogP contribution is -2.53. The van der Waals surface area contributed by atoms with Crippen LogP contribution < -0.4 is 19.1 Å². The first kappa shape index (κ1) is 34.0. The second-order valence-electron chi connectivity index (χ2n) is 10.2. The molecular formula is C31H37Cl2N3O6S. The molecule has 1 atom stereocenters. The zero-order valence-corrected chi connectivity index (χ0v) is 27.4. The lowest BCUT2D eigenvalue weighted by Gasteiger charge is -2.33. The SMILES string of the molecule is CC[C@@H](C(=O)NC(C)C)N(Cc1ccc(Cl)cc1Cl)C(=O)CN(c1ccc(C)cc1)S(=O)(=O)c1ccc(OC)c(OC)c1. The molecule has 3 aromatic carbocycles. The normalized spacial score (nSPS) is 12.0. The number of nitrogens with zero attached hydrogens (tertiary/aromatic N) is 2. The lowest BCUT2D eigenvalue weighted by molar-refractivity contribution is -0.140. The van der Waals surface area contributed by atoms with Crippen LogP contribution in [0.4, 0.5) is 5.69 Å². The summed E-state index contributed by atoms with van der Waals surface area (Å²) in [4.78, 5) is 28.7. The summed E-state index contributed by atoms with van der Waals surface area (Å²) in [5, 5.41) is 3.60. The highest BCUT2D eigenvalue weighted by Gasteiger charge is 2.34. The number of carbonyl (C=O) groups excluding carboxylic acids is 2. The van der Waals surface area contributed by atoms with Crippen molar-refractivity contribution in [2.45, 2.75) is 57.6 Å². The molecule has 9 nitrogen and oxygen atoms in total. The number of sulfonamides is 1. The fourth-order valence-corrected chi connectivity index (χ4v) is 6.38. The van der Waals surface area contributed by atoms with E-state index < -0.39 is 28.5 Å². The van der Waals surface area contributed by atoms with Gasteiger partial charge in [0.05, 0.1) is 24.8 Å². The smallest absolute Gasteiger partial charge is 0.264 e. The van der Waals surface area contributed by atoms with E-state index in [4.69, 9.17) is 32.7 Å². The Labute approximate surface area is 263 Å². The number of amides is 2. The maximum Gasteiger partial charge on any atom is 0.264 e. The summed E-state index contributed by atoms with van der Waals surface area (Å²) >= 11 is 12.6. The molecule has 0 bridgehead atoms. The third-order valence-corrected chi connectivity index (χ3v) is 9.07. The van der Waals surface area contributed by atoms with Crippen molar-refractivity contribution in [3.05, 3.63) is 81.8 Å². The quantitative estimate of drug-likeness (QED) is 0.249. The summed E-state index contributed by atoms with van der Waals surface area (Å²) in [6.07, 6.45) is 0.280. The summed E-state index contributed by atoms with van der Waals surface area (Å²) in [5.74, 6) is -0.386. The maximum atomic E-state index is 14.2. The number of halogens is 2. The molecule has 12 heteroatoms. The molecule has 0 saturated carbocycles. The molecule has 0 aromatic heterocycles. The second-order valence-corrected chi connectivity index (χ2v) is 12.9. The first-order chi connectivity index (χ1) is 20.3. The number of carbonyl (C=O) groups is 2. The van der Waals surface area contributed by atoms with Gasteiger partial charge in [0.15, 0.2) is 11.5 Å². The number of nitrogens with one attached hydrogen (secondary N) is 1. The van der Waals surface area contributed by atoms with Gasteiger partial charge >= 0.3 is 0 Å². The number of aryl methyl sites for hydroxylation is 1. The largest absolute Gasteiger partial charge is 0.493 e. The van der Waals surface area contributed by atoms with Crippen molar-refractivity contribution in [3.8, 4) is 11.5 Å². The van der Waals surface area contributed by atoms with Gasteiger partial charge in [0.1, 0.15) is 12.6 Å². The predicted molar refractivity (Wildman–Crippen MR) is 170 cm³/mol. The lowest BCUT2D eigenvalue weighted by atomic mass is 10.1. The second kappa shape index (κ2) is 14.8. The van der Waals surface area contributed by atoms with Gasteiger partial charge in [-0.3, -0.25) is 13.9 Å². The van der Waals surface area contributed by atoms with Crippen molar-refractivity contribution in [1.29, 1.82) is 0 Å². The molecule has 0 unspecified atom stereocenters. The number of rotatable bonds is 13. The molecule has 0 aliphatic rings. The Hall–Kier alpha value is -3.47. The van der Waals surface area contributed by atoms with Crippen molar-refractivity contribution >= 4 is 50.7 Å². The minimum Gasteiger partial charge on any atom is -0.493 e. The van der Waals surface area contributed by atoms with Gasteiger partial charge in [-0.05, 0) is 69.2 Å². The molecule has 2 amide bonds. The standard InChI is InChI=1S/C31H37Cl2N3O6S/c1-7-27(31(38)34-20(2)3)35(18-22-10-11-23(32)16-26(22)33)30(37)19-36(24-12-8-21(4)9-13-24)43(39,40)25-14-15-28(41-5)29(17-25)42-6/h8-17,20,27H,7,18-19H2,1-6H3,(H,34,38)/t27-/m0/s1. The van der Waals surface area contributed by atoms with Crippen LogP contribution in [0.15, 0.2) is 65.6 Å². The molecule has 0 heterocycles. The van der Waals surface area contributed by atoms with E-state index >= 15 is 0 Å². The zero-order valence-electron chi connectivity index (χ0n) is 25.1. The molecule has 0 spiro atoms. The van der Waals surface area contributed by atoms with E-state index in [2.05, 4.69) is 5.32 Å². The Balaban J connectivity index is 2.12. The van der Waals surface area contributed by atoms with E-state index in [1.165, 1.54) is 37.3 Å². The van der Waals surface area contributed by atoms with Crippen LogP contribution in [0, 0.1) is 6.92 Å². The highest BCUT2D eigenvalue weighted by Crippen LogP contribution is 2.33. The monoisotopic (exact) mass is 649 g/mol. The summed E-state index contributed by atoms with van der Waals surface area (Å²) < 4.78 is 39.9. The van der Waals surface area contributed by atoms with Crippen LogP contribution in [0.1, 0.15) is 38.3 Å². The van der Waals surface area contributed by atoms with E-state index in [0.29, 0.717) is 21.4 Å². The first-order valence-corrected chi connectivity index (χ1v) is 15.9. The first-order valence-electron chi connectivity index (χ1n) is 13.7. The van der Waals surface area contributed by atoms with Crippen LogP contribution >= 0.6 is 23.2 Å². The third-order valence-electron chi connectivity index (χ3n) is 6.72. The van der Waals surface area contributed by atoms with Gasteiger partial charge in [0, 0.05) is 28.7 Å². The maximum absolute atomic E-state index is 14.2. The molecule has 0 fully saturated rings. The van der Waals surface area contributed by atoms with E-state index in [1.54, 1.807) is 49.4 Å². The molecule has 43 heavy (non-hydrogen) atoms. The molecule has 0 aliphatic carbocycles. The summed E-state index contributed by atoms with van der Waals surface area (Å²) in [6, 6.07) is 14.8. The van der Waals surface area contributed by atoms with Gasteiger partial charge in [-0.2, -0.15) is 0 Å². The van der Waals surface area contributed by atoms with E-state index in [-0.39, 0.29) is 41.2 Å². The van der Waals surface area contributed by atoms with Crippen molar-refractivity contribution in [2.24, 2.45) is 0 Å². The van der Waals surface area contributed by atoms with Crippen molar-refractivity contribution in [1.82, 2.24) is 10.2 Å². The van der Waals surface area contributed by atoms with Crippen molar-refractivity contribution in [3.63, 3.8) is 0 Å². The Bertz CT molecular complexity index is 1550. The number of hydrogen-bond acceptors (Lipinski definition) is 6. The van der Waals surface area contributed by atoms with Gasteiger partial charge in [-0.25, -0.2) is 8.42 Å². The number of ether oxygens (including phenoxy) is 2. The molecule has 3 aromatic rings. The molecule has 0 saturated heterocycles. The Morgan fingerprint density at radius 1 is 0.930 bits per heavy atom. The van der Waals surface area contributed by atoms with Crippen molar-refractivity contribution in [2.75, 3.05) is 25.1 Å². The van der Waals surface area contributed by atoms with Crippen LogP contribution in [0.2, 0.25) is 10.0 Å². The average molecular weight is 651 g/mol. The third kappa shape index (κ3) is 8.34. The molecule has 0 radical (unpaired) electrons. The Morgan fingerprint density at radius 3 is 2.14 bits per heavy atom. The summed E-state index contributed by atoms with van der Waals surface area (Å²) in [7, 11) is -1.45. The number of methoxy groups -OCH3 is 2. The van der Waals surface area contributed by atoms with Crippen molar-refractivity contribution < 1.29 is 27.5 Å². The number of hydrogen-bond donors (Lipinski definition) is 1. The van der Waals surface area contributed by atoms with Crippen LogP contribution in [0.5, 0.6) is 11.5 Å². The highest BCUT2D eigenvalue weighted by atomic mass is 35.5. The minimum atomic E-state index is -4.31. The Morgan fingerprint density at radius 2 is 1.58 bits per heavy atom. The van der Waals surface area contributed by atoms with Crippen LogP contribution in [0.3, 0.4) is 0 Å². The van der Waals surface area contributed by atoms with Crippen LogP contribution in [-0.4, -0.2) is 58.0 Å². The van der Waals surface area contributed by atoms with E-state index in [0.717, 1.165) is 9.87 Å². The summed E-state index contributed by atoms with van der Waals surface area (Å²) in [5.41, 5.74) is 1.74. The minimum absolute atomic E-state index is 0.0446. The van der Waals surface area contributed by atoms with Gasteiger partial charge in [-0.15, -0.1) is 0 Å². The molecular weight excluding hydrogens is 613 g/mol. The van der Waals surface area contributed by atoms with Crippen LogP contribution in [-0.2, 0) is 26.2 Å². The zero-order chi connectivity index (χ0) is 31.9. The Kier molecular flexibility index (Phi) is 11.7. The molecule has 3 rings (SSSR count). The van der Waals surface area contributed by atoms with Crippen LogP contribution in [0.25, 0.3) is 0 Å². The van der Waals surface area contributed by atoms with Gasteiger partial charge in [0.25, 0.3) is 10.0 Å². The van der Waals surface area contributed by atoms with E-state index in [9.17, 15) is 18.0 Å². The fourth-order valence-electron chi connectivity index (χ4n) is 4.48. The summed E-state index contributed by atoms with van der Waals surface area (Å²) in [6.45, 7) is 6.67. The van der Waals surface area contributed by atoms with Gasteiger partial charge in [0.2, 0.25) is 11.8 Å². The van der Waals surface area contributed by atoms with Gasteiger partial charge in [-0.1, -0.05) is 53.9 Å². The fraction of sp³-hybridized carbons (Fsp3) is 0.355. The molecule has 0 aliphatic heterocycles. The van der Waals surface area contributed by atoms with Gasteiger partial charge < -0.3 is 19.7 Å². The number of anilines is 1. The molecule has 1 N–H and O–H groups in total. The topological polar surface area (TPSA) is 105 Å². The average Bonchev–Trinajstić information content (AvgIpc) is 2.96. The molecule has 232 valence electrons. The number of benzene rings is 3. The van der Waals surface area contributed by atoms with E-state index in [1.807, 2.05) is 20.8 Å². The highest BCUT2D eigenvalue weighted by molar-refractivity contribution is 7.92.